The molecule has 0 fully saturated rings. The van der Waals surface area contributed by atoms with Crippen molar-refractivity contribution < 1.29 is 9.21 Å². The van der Waals surface area contributed by atoms with Crippen molar-refractivity contribution in [3.8, 4) is 11.5 Å². The van der Waals surface area contributed by atoms with Crippen LogP contribution in [0.3, 0.4) is 0 Å². The summed E-state index contributed by atoms with van der Waals surface area (Å²) in [5, 5.41) is 4.69. The smallest absolute Gasteiger partial charge is 0.261 e. The standard InChI is InChI=1S/C26H22N4O3/c31-23(27-16-17-6-5-15-33-17)12-14-29-22-10-4-2-7-18(22)19-11-13-30-25(24(19)29)28-21-9-3-1-8-20(21)26(30)32/h1-10,15H,11-14,16H2,(H,27,31). The highest BCUT2D eigenvalue weighted by atomic mass is 16.3. The third-order valence-electron chi connectivity index (χ3n) is 6.34. The summed E-state index contributed by atoms with van der Waals surface area (Å²) in [4.78, 5) is 30.7. The van der Waals surface area contributed by atoms with Crippen molar-refractivity contribution in [2.45, 2.75) is 32.5 Å². The Bertz CT molecular complexity index is 1560. The highest BCUT2D eigenvalue weighted by Gasteiger charge is 2.27. The van der Waals surface area contributed by atoms with E-state index in [9.17, 15) is 9.59 Å². The van der Waals surface area contributed by atoms with Gasteiger partial charge in [-0.05, 0) is 42.3 Å². The van der Waals surface area contributed by atoms with E-state index in [1.165, 1.54) is 5.56 Å². The van der Waals surface area contributed by atoms with Crippen LogP contribution in [0.25, 0.3) is 33.3 Å². The van der Waals surface area contributed by atoms with E-state index in [4.69, 9.17) is 9.40 Å². The summed E-state index contributed by atoms with van der Waals surface area (Å²) in [5.74, 6) is 1.33. The molecule has 6 rings (SSSR count). The SMILES string of the molecule is O=C(CCn1c2c(c3ccccc31)CCn1c-2nc2ccccc2c1=O)NCc1ccco1. The molecule has 164 valence electrons. The lowest BCUT2D eigenvalue weighted by Gasteiger charge is -2.21. The Hall–Kier alpha value is -4.13. The van der Waals surface area contributed by atoms with E-state index in [1.54, 1.807) is 16.9 Å². The van der Waals surface area contributed by atoms with E-state index < -0.39 is 0 Å². The molecule has 33 heavy (non-hydrogen) atoms. The molecule has 5 aromatic rings. The van der Waals surface area contributed by atoms with Gasteiger partial charge < -0.3 is 14.3 Å². The molecular formula is C26H22N4O3. The summed E-state index contributed by atoms with van der Waals surface area (Å²) in [6.45, 7) is 1.45. The number of carbonyl (C=O) groups is 1. The number of nitrogens with zero attached hydrogens (tertiary/aromatic N) is 3. The highest BCUT2D eigenvalue weighted by Crippen LogP contribution is 2.36. The lowest BCUT2D eigenvalue weighted by Crippen LogP contribution is -2.28. The first-order valence-electron chi connectivity index (χ1n) is 11.1. The van der Waals surface area contributed by atoms with Gasteiger partial charge >= 0.3 is 0 Å². The van der Waals surface area contributed by atoms with Gasteiger partial charge in [-0.15, -0.1) is 0 Å². The fourth-order valence-electron chi connectivity index (χ4n) is 4.80. The number of para-hydroxylation sites is 2. The Morgan fingerprint density at radius 1 is 1.03 bits per heavy atom. The number of hydrogen-bond donors (Lipinski definition) is 1. The van der Waals surface area contributed by atoms with E-state index in [-0.39, 0.29) is 11.5 Å². The van der Waals surface area contributed by atoms with Gasteiger partial charge in [0.1, 0.15) is 5.76 Å². The fraction of sp³-hybridized carbons (Fsp3) is 0.192. The van der Waals surface area contributed by atoms with Crippen LogP contribution >= 0.6 is 0 Å². The lowest BCUT2D eigenvalue weighted by molar-refractivity contribution is -0.121. The Labute approximate surface area is 189 Å². The minimum Gasteiger partial charge on any atom is -0.467 e. The minimum atomic E-state index is -0.0578. The first-order valence-corrected chi connectivity index (χ1v) is 11.1. The van der Waals surface area contributed by atoms with Gasteiger partial charge in [0.05, 0.1) is 29.4 Å². The quantitative estimate of drug-likeness (QED) is 0.452. The number of aromatic nitrogens is 3. The topological polar surface area (TPSA) is 82.1 Å². The lowest BCUT2D eigenvalue weighted by atomic mass is 10.0. The molecule has 0 saturated heterocycles. The van der Waals surface area contributed by atoms with Crippen LogP contribution in [0.4, 0.5) is 0 Å². The molecule has 0 atom stereocenters. The Balaban J connectivity index is 1.42. The Morgan fingerprint density at radius 3 is 2.70 bits per heavy atom. The maximum Gasteiger partial charge on any atom is 0.261 e. The number of hydrogen-bond acceptors (Lipinski definition) is 4. The summed E-state index contributed by atoms with van der Waals surface area (Å²) in [6.07, 6.45) is 2.65. The maximum absolute atomic E-state index is 13.2. The largest absolute Gasteiger partial charge is 0.467 e. The molecule has 1 aliphatic heterocycles. The number of carbonyl (C=O) groups excluding carboxylic acids is 1. The van der Waals surface area contributed by atoms with Crippen LogP contribution < -0.4 is 10.9 Å². The summed E-state index contributed by atoms with van der Waals surface area (Å²) < 4.78 is 9.21. The average Bonchev–Trinajstić information content (AvgIpc) is 3.48. The van der Waals surface area contributed by atoms with Crippen molar-refractivity contribution in [1.82, 2.24) is 19.4 Å². The molecule has 0 saturated carbocycles. The number of aryl methyl sites for hydroxylation is 2. The highest BCUT2D eigenvalue weighted by molar-refractivity contribution is 5.92. The first kappa shape index (κ1) is 19.5. The number of rotatable bonds is 5. The monoisotopic (exact) mass is 438 g/mol. The van der Waals surface area contributed by atoms with E-state index in [0.29, 0.717) is 42.8 Å². The van der Waals surface area contributed by atoms with E-state index in [2.05, 4.69) is 22.0 Å². The molecule has 1 N–H and O–H groups in total. The van der Waals surface area contributed by atoms with Crippen LogP contribution in [-0.2, 0) is 30.8 Å². The number of fused-ring (bicyclic) bond motifs is 6. The van der Waals surface area contributed by atoms with E-state index in [1.807, 2.05) is 42.5 Å². The van der Waals surface area contributed by atoms with E-state index >= 15 is 0 Å². The third kappa shape index (κ3) is 3.24. The minimum absolute atomic E-state index is 0.0192. The number of furan rings is 1. The molecule has 0 unspecified atom stereocenters. The molecule has 1 amide bonds. The average molecular weight is 438 g/mol. The second kappa shape index (κ2) is 7.78. The van der Waals surface area contributed by atoms with Crippen LogP contribution in [0.5, 0.6) is 0 Å². The zero-order chi connectivity index (χ0) is 22.4. The van der Waals surface area contributed by atoms with Crippen LogP contribution in [0.15, 0.2) is 76.1 Å². The molecule has 0 aliphatic carbocycles. The summed E-state index contributed by atoms with van der Waals surface area (Å²) >= 11 is 0. The molecule has 3 aromatic heterocycles. The van der Waals surface area contributed by atoms with Crippen molar-refractivity contribution in [3.05, 3.63) is 88.6 Å². The van der Waals surface area contributed by atoms with Gasteiger partial charge in [-0.25, -0.2) is 4.98 Å². The second-order valence-corrected chi connectivity index (χ2v) is 8.26. The summed E-state index contributed by atoms with van der Waals surface area (Å²) in [5.41, 5.74) is 3.84. The second-order valence-electron chi connectivity index (χ2n) is 8.26. The molecule has 0 spiro atoms. The van der Waals surface area contributed by atoms with Crippen molar-refractivity contribution in [2.75, 3.05) is 0 Å². The predicted molar refractivity (Wildman–Crippen MR) is 126 cm³/mol. The first-order chi connectivity index (χ1) is 16.2. The molecule has 7 nitrogen and oxygen atoms in total. The van der Waals surface area contributed by atoms with Crippen molar-refractivity contribution in [1.29, 1.82) is 0 Å². The van der Waals surface area contributed by atoms with Gasteiger partial charge in [0.2, 0.25) is 5.91 Å². The van der Waals surface area contributed by atoms with Crippen molar-refractivity contribution in [3.63, 3.8) is 0 Å². The molecule has 4 heterocycles. The molecule has 1 aliphatic rings. The zero-order valence-corrected chi connectivity index (χ0v) is 18.0. The third-order valence-corrected chi connectivity index (χ3v) is 6.34. The molecular weight excluding hydrogens is 416 g/mol. The van der Waals surface area contributed by atoms with Crippen LogP contribution in [0.1, 0.15) is 17.7 Å². The maximum atomic E-state index is 13.2. The van der Waals surface area contributed by atoms with Gasteiger partial charge in [0.15, 0.2) is 5.82 Å². The molecule has 0 bridgehead atoms. The van der Waals surface area contributed by atoms with Crippen molar-refractivity contribution >= 4 is 27.7 Å². The zero-order valence-electron chi connectivity index (χ0n) is 18.0. The number of benzene rings is 2. The van der Waals surface area contributed by atoms with Crippen LogP contribution in [0, 0.1) is 0 Å². The molecule has 0 radical (unpaired) electrons. The molecule has 7 heteroatoms. The predicted octanol–water partition coefficient (Wildman–Crippen LogP) is 3.87. The van der Waals surface area contributed by atoms with Crippen molar-refractivity contribution in [2.24, 2.45) is 0 Å². The summed E-state index contributed by atoms with van der Waals surface area (Å²) in [6, 6.07) is 19.3. The summed E-state index contributed by atoms with van der Waals surface area (Å²) in [7, 11) is 0. The van der Waals surface area contributed by atoms with Crippen LogP contribution in [0.2, 0.25) is 0 Å². The molecule has 2 aromatic carbocycles. The van der Waals surface area contributed by atoms with Gasteiger partial charge in [-0.1, -0.05) is 30.3 Å². The fourth-order valence-corrected chi connectivity index (χ4v) is 4.80. The number of amides is 1. The van der Waals surface area contributed by atoms with Gasteiger partial charge in [0, 0.05) is 30.4 Å². The normalized spacial score (nSPS) is 12.6. The van der Waals surface area contributed by atoms with Gasteiger partial charge in [0.25, 0.3) is 5.56 Å². The Morgan fingerprint density at radius 2 is 1.85 bits per heavy atom. The Kier molecular flexibility index (Phi) is 4.61. The van der Waals surface area contributed by atoms with E-state index in [0.717, 1.165) is 28.8 Å². The number of nitrogens with one attached hydrogen (secondary N) is 1. The van der Waals surface area contributed by atoms with Crippen LogP contribution in [-0.4, -0.2) is 20.0 Å². The van der Waals surface area contributed by atoms with Gasteiger partial charge in [-0.2, -0.15) is 0 Å². The van der Waals surface area contributed by atoms with Gasteiger partial charge in [-0.3, -0.25) is 14.2 Å².